The van der Waals surface area contributed by atoms with Gasteiger partial charge in [0.05, 0.1) is 0 Å². The molecule has 6 N–H and O–H groups in total. The number of allylic oxidation sites excluding steroid dienone is 1. The van der Waals surface area contributed by atoms with Crippen molar-refractivity contribution >= 4 is 17.9 Å². The number of nitrogens with one attached hydrogen (secondary N) is 3. The number of hydrogen-bond donors (Lipinski definition) is 5. The van der Waals surface area contributed by atoms with Crippen molar-refractivity contribution in [2.75, 3.05) is 0 Å². The Bertz CT molecular complexity index is 1050. The van der Waals surface area contributed by atoms with Crippen LogP contribution in [0.2, 0.25) is 0 Å². The van der Waals surface area contributed by atoms with Crippen LogP contribution in [0.4, 0.5) is 0 Å². The third-order valence-electron chi connectivity index (χ3n) is 5.27. The van der Waals surface area contributed by atoms with Gasteiger partial charge in [-0.2, -0.15) is 0 Å². The Morgan fingerprint density at radius 2 is 1.82 bits per heavy atom. The molecule has 1 aliphatic rings. The molecule has 0 spiro atoms. The maximum absolute atomic E-state index is 12.5. The summed E-state index contributed by atoms with van der Waals surface area (Å²) < 4.78 is 0. The van der Waals surface area contributed by atoms with Gasteiger partial charge < -0.3 is 16.4 Å². The number of rotatable bonds is 8. The Balaban J connectivity index is 1.54. The minimum absolute atomic E-state index is 0.370. The van der Waals surface area contributed by atoms with Crippen LogP contribution in [0.5, 0.6) is 0 Å². The lowest BCUT2D eigenvalue weighted by atomic mass is 9.95. The van der Waals surface area contributed by atoms with E-state index in [-0.39, 0.29) is 0 Å². The van der Waals surface area contributed by atoms with Gasteiger partial charge in [0.25, 0.3) is 11.8 Å². The van der Waals surface area contributed by atoms with E-state index >= 15 is 0 Å². The second kappa shape index (κ2) is 10.9. The summed E-state index contributed by atoms with van der Waals surface area (Å²) >= 11 is 0. The first-order valence-corrected chi connectivity index (χ1v) is 10.9. The van der Waals surface area contributed by atoms with Crippen molar-refractivity contribution in [2.45, 2.75) is 50.9 Å². The molecule has 7 nitrogen and oxygen atoms in total. The monoisotopic (exact) mass is 446 g/mol. The summed E-state index contributed by atoms with van der Waals surface area (Å²) in [4.78, 5) is 24.3. The van der Waals surface area contributed by atoms with E-state index in [2.05, 4.69) is 34.6 Å². The van der Waals surface area contributed by atoms with Gasteiger partial charge in [-0.05, 0) is 74.2 Å². The van der Waals surface area contributed by atoms with Crippen LogP contribution in [0.1, 0.15) is 53.7 Å². The van der Waals surface area contributed by atoms with Crippen LogP contribution in [0.3, 0.4) is 0 Å². The van der Waals surface area contributed by atoms with Crippen LogP contribution in [-0.4, -0.2) is 34.6 Å². The van der Waals surface area contributed by atoms with Gasteiger partial charge in [0.2, 0.25) is 0 Å². The molecule has 7 heteroatoms. The molecule has 0 heterocycles. The average molecular weight is 447 g/mol. The summed E-state index contributed by atoms with van der Waals surface area (Å²) in [6, 6.07) is 14.7. The van der Waals surface area contributed by atoms with E-state index < -0.39 is 23.4 Å². The number of benzene rings is 2. The molecule has 1 atom stereocenters. The summed E-state index contributed by atoms with van der Waals surface area (Å²) in [6.07, 6.45) is 6.17. The highest BCUT2D eigenvalue weighted by atomic mass is 16.5. The van der Waals surface area contributed by atoms with Crippen molar-refractivity contribution in [3.8, 4) is 11.8 Å². The van der Waals surface area contributed by atoms with Crippen molar-refractivity contribution in [2.24, 2.45) is 5.73 Å². The Kier molecular flexibility index (Phi) is 8.01. The number of carbonyl (C=O) groups excluding carboxylic acids is 2. The van der Waals surface area contributed by atoms with E-state index in [0.29, 0.717) is 11.6 Å². The minimum Gasteiger partial charge on any atom is -0.338 e. The average Bonchev–Trinajstić information content (AvgIpc) is 3.63. The third-order valence-corrected chi connectivity index (χ3v) is 5.27. The molecule has 1 unspecified atom stereocenters. The molecule has 2 aromatic carbocycles. The van der Waals surface area contributed by atoms with Gasteiger partial charge in [0.1, 0.15) is 6.04 Å². The van der Waals surface area contributed by atoms with Gasteiger partial charge in [-0.1, -0.05) is 36.1 Å². The Morgan fingerprint density at radius 1 is 1.15 bits per heavy atom. The maximum Gasteiger partial charge on any atom is 0.267 e. The largest absolute Gasteiger partial charge is 0.338 e. The van der Waals surface area contributed by atoms with Crippen molar-refractivity contribution in [1.82, 2.24) is 16.1 Å². The van der Waals surface area contributed by atoms with E-state index in [1.54, 1.807) is 44.2 Å². The summed E-state index contributed by atoms with van der Waals surface area (Å²) in [5.74, 6) is 4.89. The van der Waals surface area contributed by atoms with Crippen LogP contribution in [-0.2, 0) is 11.3 Å². The molecule has 0 aromatic heterocycles. The van der Waals surface area contributed by atoms with Crippen molar-refractivity contribution in [3.05, 3.63) is 76.9 Å². The van der Waals surface area contributed by atoms with E-state index in [1.807, 2.05) is 18.2 Å². The number of hydrogen-bond acceptors (Lipinski definition) is 5. The summed E-state index contributed by atoms with van der Waals surface area (Å²) in [6.45, 7) is 4.07. The van der Waals surface area contributed by atoms with E-state index in [0.717, 1.165) is 17.7 Å². The molecule has 2 amide bonds. The first kappa shape index (κ1) is 24.2. The molecule has 3 rings (SSSR count). The van der Waals surface area contributed by atoms with Crippen LogP contribution in [0, 0.1) is 11.8 Å². The topological polar surface area (TPSA) is 116 Å². The highest BCUT2D eigenvalue weighted by molar-refractivity contribution is 5.98. The first-order chi connectivity index (χ1) is 15.8. The Morgan fingerprint density at radius 3 is 2.39 bits per heavy atom. The molecule has 33 heavy (non-hydrogen) atoms. The molecular weight excluding hydrogens is 416 g/mol. The van der Waals surface area contributed by atoms with E-state index in [1.165, 1.54) is 23.9 Å². The number of carbonyl (C=O) groups is 2. The SMILES string of the molecule is CC(C)(N)C(NC(=O)c1ccc(/C=C/C#Cc2ccc(CNC3CC3)cc2)cc1)C(=O)NO. The lowest BCUT2D eigenvalue weighted by Crippen LogP contribution is -2.61. The molecule has 172 valence electrons. The molecule has 0 bridgehead atoms. The molecule has 1 fully saturated rings. The number of hydroxylamine groups is 1. The fourth-order valence-corrected chi connectivity index (χ4v) is 3.13. The van der Waals surface area contributed by atoms with Gasteiger partial charge in [-0.15, -0.1) is 0 Å². The van der Waals surface area contributed by atoms with Crippen molar-refractivity contribution in [3.63, 3.8) is 0 Å². The quantitative estimate of drug-likeness (QED) is 0.242. The highest BCUT2D eigenvalue weighted by Gasteiger charge is 2.33. The first-order valence-electron chi connectivity index (χ1n) is 10.9. The lowest BCUT2D eigenvalue weighted by molar-refractivity contribution is -0.132. The van der Waals surface area contributed by atoms with Crippen molar-refractivity contribution in [1.29, 1.82) is 0 Å². The van der Waals surface area contributed by atoms with Crippen LogP contribution in [0.15, 0.2) is 54.6 Å². The predicted molar refractivity (Wildman–Crippen MR) is 128 cm³/mol. The number of amides is 2. The van der Waals surface area contributed by atoms with E-state index in [4.69, 9.17) is 10.9 Å². The van der Waals surface area contributed by atoms with Crippen LogP contribution in [0.25, 0.3) is 6.08 Å². The Labute approximate surface area is 194 Å². The molecule has 2 aromatic rings. The lowest BCUT2D eigenvalue weighted by Gasteiger charge is -2.29. The molecule has 1 saturated carbocycles. The molecular formula is C26H30N4O3. The molecule has 0 aliphatic heterocycles. The van der Waals surface area contributed by atoms with Crippen LogP contribution >= 0.6 is 0 Å². The molecule has 0 radical (unpaired) electrons. The zero-order valence-electron chi connectivity index (χ0n) is 18.9. The summed E-state index contributed by atoms with van der Waals surface area (Å²) in [7, 11) is 0. The maximum atomic E-state index is 12.5. The standard InChI is InChI=1S/C26H30N4O3/c1-26(2,27)23(25(32)30-33)29-24(31)21-13-11-19(12-14-21)6-4-3-5-18-7-9-20(10-8-18)17-28-22-15-16-22/h4,6-14,22-23,28,33H,15-17,27H2,1-2H3,(H,29,31)(H,30,32)/b6-4+. The second-order valence-electron chi connectivity index (χ2n) is 8.78. The summed E-state index contributed by atoms with van der Waals surface area (Å²) in [5.41, 5.74) is 9.87. The third kappa shape index (κ3) is 7.58. The smallest absolute Gasteiger partial charge is 0.267 e. The zero-order valence-corrected chi connectivity index (χ0v) is 18.9. The van der Waals surface area contributed by atoms with Gasteiger partial charge in [0.15, 0.2) is 0 Å². The second-order valence-corrected chi connectivity index (χ2v) is 8.78. The molecule has 1 aliphatic carbocycles. The normalized spacial score (nSPS) is 14.3. The summed E-state index contributed by atoms with van der Waals surface area (Å²) in [5, 5.41) is 14.9. The van der Waals surface area contributed by atoms with Gasteiger partial charge in [-0.3, -0.25) is 14.8 Å². The van der Waals surface area contributed by atoms with E-state index in [9.17, 15) is 9.59 Å². The van der Waals surface area contributed by atoms with Gasteiger partial charge in [0, 0.05) is 29.3 Å². The van der Waals surface area contributed by atoms with Crippen molar-refractivity contribution < 1.29 is 14.8 Å². The fourth-order valence-electron chi connectivity index (χ4n) is 3.13. The minimum atomic E-state index is -1.09. The Hall–Kier alpha value is -3.44. The zero-order chi connectivity index (χ0) is 23.8. The highest BCUT2D eigenvalue weighted by Crippen LogP contribution is 2.19. The van der Waals surface area contributed by atoms with Gasteiger partial charge >= 0.3 is 0 Å². The predicted octanol–water partition coefficient (Wildman–Crippen LogP) is 2.34. The van der Waals surface area contributed by atoms with Gasteiger partial charge in [-0.25, -0.2) is 5.48 Å². The van der Waals surface area contributed by atoms with Crippen LogP contribution < -0.4 is 21.8 Å². The fraction of sp³-hybridized carbons (Fsp3) is 0.308. The molecule has 0 saturated heterocycles. The number of nitrogens with two attached hydrogens (primary N) is 1.